The number of benzene rings is 3. The molecular weight excluding hydrogens is 570 g/mol. The summed E-state index contributed by atoms with van der Waals surface area (Å²) in [6, 6.07) is 14.5. The molecule has 2 heterocycles. The maximum Gasteiger partial charge on any atom is 0.295 e. The maximum absolute atomic E-state index is 13.7. The minimum absolute atomic E-state index is 0.0317. The van der Waals surface area contributed by atoms with Crippen molar-refractivity contribution in [2.24, 2.45) is 0 Å². The lowest BCUT2D eigenvalue weighted by Crippen LogP contribution is -2.29. The van der Waals surface area contributed by atoms with Crippen LogP contribution in [0.15, 0.2) is 72.8 Å². The second-order valence-electron chi connectivity index (χ2n) is 7.65. The molecule has 1 aromatic heterocycles. The first kappa shape index (κ1) is 22.5. The Labute approximate surface area is 210 Å². The van der Waals surface area contributed by atoms with Crippen LogP contribution in [0.5, 0.6) is 17.2 Å². The first-order valence-electron chi connectivity index (χ1n) is 10.1. The molecule has 34 heavy (non-hydrogen) atoms. The van der Waals surface area contributed by atoms with Crippen molar-refractivity contribution in [3.8, 4) is 17.2 Å². The molecule has 0 fully saturated rings. The van der Waals surface area contributed by atoms with Gasteiger partial charge in [-0.3, -0.25) is 14.5 Å². The lowest BCUT2D eigenvalue weighted by atomic mass is 9.97. The van der Waals surface area contributed by atoms with Gasteiger partial charge in [-0.05, 0) is 64.0 Å². The SMILES string of the molecule is COc1cccc(N2C(=O)c3oc4ccc(Br)cc4c(=O)c3C2c2cc(Br)c(O)c(OC)c2)c1. The van der Waals surface area contributed by atoms with Gasteiger partial charge in [-0.1, -0.05) is 22.0 Å². The molecule has 1 aliphatic rings. The van der Waals surface area contributed by atoms with Gasteiger partial charge in [0.1, 0.15) is 11.3 Å². The molecule has 3 aromatic carbocycles. The summed E-state index contributed by atoms with van der Waals surface area (Å²) < 4.78 is 17.7. The van der Waals surface area contributed by atoms with Crippen LogP contribution in [0.2, 0.25) is 0 Å². The summed E-state index contributed by atoms with van der Waals surface area (Å²) in [5.41, 5.74) is 1.28. The minimum Gasteiger partial charge on any atom is -0.503 e. The van der Waals surface area contributed by atoms with E-state index < -0.39 is 11.9 Å². The molecule has 0 spiro atoms. The number of hydrogen-bond acceptors (Lipinski definition) is 6. The van der Waals surface area contributed by atoms with E-state index in [1.54, 1.807) is 54.6 Å². The lowest BCUT2D eigenvalue weighted by molar-refractivity contribution is 0.0971. The fraction of sp³-hybridized carbons (Fsp3) is 0.120. The number of methoxy groups -OCH3 is 2. The standard InChI is InChI=1S/C25H17Br2NO6/c1-32-15-5-3-4-14(11-15)28-21(12-8-17(27)23(30)19(9-12)33-2)20-22(29)16-10-13(26)6-7-18(16)34-24(20)25(28)31/h3-11,21,30H,1-2H3. The Hall–Kier alpha value is -3.30. The predicted molar refractivity (Wildman–Crippen MR) is 134 cm³/mol. The van der Waals surface area contributed by atoms with Gasteiger partial charge < -0.3 is 19.0 Å². The fourth-order valence-electron chi connectivity index (χ4n) is 4.19. The Morgan fingerprint density at radius 1 is 1.00 bits per heavy atom. The Morgan fingerprint density at radius 3 is 2.53 bits per heavy atom. The second kappa shape index (κ2) is 8.48. The van der Waals surface area contributed by atoms with E-state index in [4.69, 9.17) is 13.9 Å². The van der Waals surface area contributed by atoms with Gasteiger partial charge >= 0.3 is 0 Å². The first-order chi connectivity index (χ1) is 16.3. The second-order valence-corrected chi connectivity index (χ2v) is 9.42. The molecule has 1 N–H and O–H groups in total. The van der Waals surface area contributed by atoms with Crippen LogP contribution in [0, 0.1) is 0 Å². The number of ether oxygens (including phenoxy) is 2. The number of carbonyl (C=O) groups excluding carboxylic acids is 1. The topological polar surface area (TPSA) is 89.2 Å². The van der Waals surface area contributed by atoms with Gasteiger partial charge in [0.05, 0.1) is 35.7 Å². The van der Waals surface area contributed by atoms with Gasteiger partial charge in [-0.25, -0.2) is 0 Å². The number of hydrogen-bond donors (Lipinski definition) is 1. The van der Waals surface area contributed by atoms with Crippen LogP contribution < -0.4 is 19.8 Å². The normalized spacial score (nSPS) is 15.0. The van der Waals surface area contributed by atoms with Gasteiger partial charge in [-0.15, -0.1) is 0 Å². The molecule has 1 unspecified atom stereocenters. The average Bonchev–Trinajstić information content (AvgIpc) is 3.13. The molecule has 5 rings (SSSR count). The summed E-state index contributed by atoms with van der Waals surface area (Å²) in [6.45, 7) is 0. The van der Waals surface area contributed by atoms with Crippen LogP contribution in [-0.4, -0.2) is 25.2 Å². The van der Waals surface area contributed by atoms with Gasteiger partial charge in [0.25, 0.3) is 5.91 Å². The van der Waals surface area contributed by atoms with Crippen molar-refractivity contribution in [1.82, 2.24) is 0 Å². The van der Waals surface area contributed by atoms with Crippen molar-refractivity contribution >= 4 is 54.4 Å². The van der Waals surface area contributed by atoms with Crippen LogP contribution in [0.3, 0.4) is 0 Å². The number of fused-ring (bicyclic) bond motifs is 2. The first-order valence-corrected chi connectivity index (χ1v) is 11.7. The maximum atomic E-state index is 13.7. The number of rotatable bonds is 4. The summed E-state index contributed by atoms with van der Waals surface area (Å²) in [4.78, 5) is 28.9. The molecule has 1 aliphatic heterocycles. The Bertz CT molecular complexity index is 1530. The quantitative estimate of drug-likeness (QED) is 0.325. The van der Waals surface area contributed by atoms with Gasteiger partial charge in [-0.2, -0.15) is 0 Å². The van der Waals surface area contributed by atoms with Crippen LogP contribution in [0.4, 0.5) is 5.69 Å². The van der Waals surface area contributed by atoms with Crippen LogP contribution in [0.1, 0.15) is 27.7 Å². The smallest absolute Gasteiger partial charge is 0.295 e. The zero-order valence-electron chi connectivity index (χ0n) is 18.0. The summed E-state index contributed by atoms with van der Waals surface area (Å²) >= 11 is 6.74. The van der Waals surface area contributed by atoms with Gasteiger partial charge in [0.2, 0.25) is 5.76 Å². The highest BCUT2D eigenvalue weighted by Gasteiger charge is 2.44. The van der Waals surface area contributed by atoms with E-state index in [9.17, 15) is 14.7 Å². The predicted octanol–water partition coefficient (Wildman–Crippen LogP) is 5.79. The number of nitrogens with zero attached hydrogens (tertiary/aromatic N) is 1. The number of carbonyl (C=O) groups is 1. The van der Waals surface area contributed by atoms with Crippen LogP contribution in [-0.2, 0) is 0 Å². The zero-order chi connectivity index (χ0) is 24.1. The molecule has 0 aliphatic carbocycles. The van der Waals surface area contributed by atoms with E-state index in [1.165, 1.54) is 19.1 Å². The number of phenols is 1. The fourth-order valence-corrected chi connectivity index (χ4v) is 5.02. The molecule has 1 amide bonds. The Morgan fingerprint density at radius 2 is 1.79 bits per heavy atom. The largest absolute Gasteiger partial charge is 0.503 e. The molecule has 0 radical (unpaired) electrons. The zero-order valence-corrected chi connectivity index (χ0v) is 21.1. The number of phenolic OH excluding ortho intramolecular Hbond substituents is 1. The average molecular weight is 587 g/mol. The van der Waals surface area contributed by atoms with Crippen molar-refractivity contribution in [2.75, 3.05) is 19.1 Å². The monoisotopic (exact) mass is 585 g/mol. The molecule has 9 heteroatoms. The number of anilines is 1. The van der Waals surface area contributed by atoms with Crippen molar-refractivity contribution < 1.29 is 23.8 Å². The molecule has 0 saturated carbocycles. The summed E-state index contributed by atoms with van der Waals surface area (Å²) in [5, 5.41) is 10.7. The van der Waals surface area contributed by atoms with E-state index in [0.29, 0.717) is 36.9 Å². The summed E-state index contributed by atoms with van der Waals surface area (Å²) in [5.74, 6) is 0.175. The third-order valence-electron chi connectivity index (χ3n) is 5.75. The highest BCUT2D eigenvalue weighted by molar-refractivity contribution is 9.10. The van der Waals surface area contributed by atoms with E-state index in [2.05, 4.69) is 31.9 Å². The van der Waals surface area contributed by atoms with Gasteiger partial charge in [0, 0.05) is 16.2 Å². The third-order valence-corrected chi connectivity index (χ3v) is 6.85. The highest BCUT2D eigenvalue weighted by atomic mass is 79.9. The van der Waals surface area contributed by atoms with Crippen LogP contribution in [0.25, 0.3) is 11.0 Å². The van der Waals surface area contributed by atoms with Gasteiger partial charge in [0.15, 0.2) is 16.9 Å². The third kappa shape index (κ3) is 3.47. The molecule has 0 bridgehead atoms. The Balaban J connectivity index is 1.84. The van der Waals surface area contributed by atoms with E-state index in [-0.39, 0.29) is 28.3 Å². The minimum atomic E-state index is -0.833. The van der Waals surface area contributed by atoms with E-state index >= 15 is 0 Å². The number of halogens is 2. The van der Waals surface area contributed by atoms with E-state index in [1.807, 2.05) is 0 Å². The molecule has 0 saturated heterocycles. The van der Waals surface area contributed by atoms with Crippen LogP contribution >= 0.6 is 31.9 Å². The highest BCUT2D eigenvalue weighted by Crippen LogP contribution is 2.45. The van der Waals surface area contributed by atoms with E-state index in [0.717, 1.165) is 0 Å². The molecule has 4 aromatic rings. The lowest BCUT2D eigenvalue weighted by Gasteiger charge is -2.26. The summed E-state index contributed by atoms with van der Waals surface area (Å²) in [7, 11) is 2.97. The number of aromatic hydroxyl groups is 1. The Kier molecular flexibility index (Phi) is 5.61. The molecule has 1 atom stereocenters. The van der Waals surface area contributed by atoms with Crippen molar-refractivity contribution in [3.05, 3.63) is 90.7 Å². The summed E-state index contributed by atoms with van der Waals surface area (Å²) in [6.07, 6.45) is 0. The van der Waals surface area contributed by atoms with Crippen molar-refractivity contribution in [3.63, 3.8) is 0 Å². The molecular formula is C25H17Br2NO6. The molecule has 7 nitrogen and oxygen atoms in total. The number of amides is 1. The van der Waals surface area contributed by atoms with Crippen molar-refractivity contribution in [2.45, 2.75) is 6.04 Å². The molecule has 172 valence electrons. The van der Waals surface area contributed by atoms with Crippen molar-refractivity contribution in [1.29, 1.82) is 0 Å².